The van der Waals surface area contributed by atoms with Crippen LogP contribution < -0.4 is 5.73 Å². The van der Waals surface area contributed by atoms with Crippen molar-refractivity contribution in [2.24, 2.45) is 17.6 Å². The molecule has 0 aromatic carbocycles. The Labute approximate surface area is 60.8 Å². The lowest BCUT2D eigenvalue weighted by Gasteiger charge is -2.10. The number of hydrogen-bond acceptors (Lipinski definition) is 2. The fourth-order valence-corrected chi connectivity index (χ4v) is 0.707. The van der Waals surface area contributed by atoms with E-state index in [1.165, 1.54) is 0 Å². The molecule has 2 N–H and O–H groups in total. The Hall–Kier alpha value is -1.04. The van der Waals surface area contributed by atoms with Gasteiger partial charge in [0.2, 0.25) is 5.91 Å². The first-order chi connectivity index (χ1) is 4.63. The second-order valence-electron chi connectivity index (χ2n) is 2.39. The van der Waals surface area contributed by atoms with Crippen molar-refractivity contribution in [3.05, 3.63) is 0 Å². The second-order valence-corrected chi connectivity index (χ2v) is 2.39. The predicted molar refractivity (Wildman–Crippen MR) is 37.8 cm³/mol. The zero-order valence-corrected chi connectivity index (χ0v) is 6.29. The van der Waals surface area contributed by atoms with Crippen LogP contribution >= 0.6 is 0 Å². The van der Waals surface area contributed by atoms with Gasteiger partial charge >= 0.3 is 0 Å². The lowest BCUT2D eigenvalue weighted by Crippen LogP contribution is -2.26. The first kappa shape index (κ1) is 8.96. The van der Waals surface area contributed by atoms with Gasteiger partial charge in [-0.25, -0.2) is 0 Å². The van der Waals surface area contributed by atoms with Crippen LogP contribution in [-0.2, 0) is 4.79 Å². The van der Waals surface area contributed by atoms with Crippen LogP contribution in [0.25, 0.3) is 0 Å². The average Bonchev–Trinajstić information content (AvgIpc) is 1.88. The van der Waals surface area contributed by atoms with Crippen molar-refractivity contribution in [2.45, 2.75) is 20.3 Å². The zero-order chi connectivity index (χ0) is 8.15. The molecule has 10 heavy (non-hydrogen) atoms. The number of nitriles is 1. The van der Waals surface area contributed by atoms with Crippen molar-refractivity contribution in [3.8, 4) is 6.07 Å². The highest BCUT2D eigenvalue weighted by Gasteiger charge is 2.20. The molecule has 3 heteroatoms. The summed E-state index contributed by atoms with van der Waals surface area (Å²) in [5, 5.41) is 8.45. The Morgan fingerprint density at radius 2 is 2.30 bits per heavy atom. The van der Waals surface area contributed by atoms with Gasteiger partial charge in [-0.1, -0.05) is 20.3 Å². The molecule has 0 saturated carbocycles. The third-order valence-electron chi connectivity index (χ3n) is 1.66. The molecule has 0 aliphatic heterocycles. The van der Waals surface area contributed by atoms with Gasteiger partial charge in [-0.15, -0.1) is 0 Å². The SMILES string of the molecule is CCC(C)C(C#N)C(N)=O. The summed E-state index contributed by atoms with van der Waals surface area (Å²) in [6.07, 6.45) is 0.807. The molecule has 2 unspecified atom stereocenters. The molecular weight excluding hydrogens is 128 g/mol. The molecule has 0 heterocycles. The van der Waals surface area contributed by atoms with Crippen LogP contribution in [-0.4, -0.2) is 5.91 Å². The van der Waals surface area contributed by atoms with Gasteiger partial charge in [0.25, 0.3) is 0 Å². The van der Waals surface area contributed by atoms with Gasteiger partial charge in [0.05, 0.1) is 6.07 Å². The Bertz CT molecular complexity index is 159. The van der Waals surface area contributed by atoms with Crippen molar-refractivity contribution in [1.29, 1.82) is 5.26 Å². The largest absolute Gasteiger partial charge is 0.369 e. The van der Waals surface area contributed by atoms with E-state index >= 15 is 0 Å². The van der Waals surface area contributed by atoms with Crippen LogP contribution in [0, 0.1) is 23.2 Å². The van der Waals surface area contributed by atoms with Crippen molar-refractivity contribution in [3.63, 3.8) is 0 Å². The van der Waals surface area contributed by atoms with Crippen molar-refractivity contribution in [1.82, 2.24) is 0 Å². The van der Waals surface area contributed by atoms with E-state index in [1.807, 2.05) is 19.9 Å². The monoisotopic (exact) mass is 140 g/mol. The highest BCUT2D eigenvalue weighted by atomic mass is 16.1. The minimum atomic E-state index is -0.620. The standard InChI is InChI=1S/C7H12N2O/c1-3-5(2)6(4-8)7(9)10/h5-6H,3H2,1-2H3,(H2,9,10). The van der Waals surface area contributed by atoms with E-state index in [9.17, 15) is 4.79 Å². The number of amides is 1. The van der Waals surface area contributed by atoms with Crippen LogP contribution in [0.4, 0.5) is 0 Å². The molecule has 0 aliphatic carbocycles. The Balaban J connectivity index is 4.10. The summed E-state index contributed by atoms with van der Waals surface area (Å²) in [4.78, 5) is 10.5. The molecule has 0 fully saturated rings. The van der Waals surface area contributed by atoms with E-state index in [0.717, 1.165) is 6.42 Å². The summed E-state index contributed by atoms with van der Waals surface area (Å²) in [6.45, 7) is 3.77. The maximum Gasteiger partial charge on any atom is 0.235 e. The van der Waals surface area contributed by atoms with Gasteiger partial charge in [-0.3, -0.25) is 4.79 Å². The Morgan fingerprint density at radius 3 is 2.40 bits per heavy atom. The summed E-state index contributed by atoms with van der Waals surface area (Å²) in [7, 11) is 0. The number of primary amides is 1. The van der Waals surface area contributed by atoms with Gasteiger partial charge in [-0.05, 0) is 5.92 Å². The molecule has 2 atom stereocenters. The van der Waals surface area contributed by atoms with E-state index in [4.69, 9.17) is 11.0 Å². The van der Waals surface area contributed by atoms with Gasteiger partial charge in [0, 0.05) is 0 Å². The normalized spacial score (nSPS) is 15.3. The minimum Gasteiger partial charge on any atom is -0.369 e. The molecule has 0 radical (unpaired) electrons. The van der Waals surface area contributed by atoms with Crippen LogP contribution in [0.1, 0.15) is 20.3 Å². The maximum absolute atomic E-state index is 10.5. The van der Waals surface area contributed by atoms with Crippen LogP contribution in [0.5, 0.6) is 0 Å². The number of nitrogens with two attached hydrogens (primary N) is 1. The Morgan fingerprint density at radius 1 is 1.80 bits per heavy atom. The molecule has 3 nitrogen and oxygen atoms in total. The molecule has 0 spiro atoms. The summed E-state index contributed by atoms with van der Waals surface area (Å²) in [5.74, 6) is -1.07. The van der Waals surface area contributed by atoms with E-state index in [0.29, 0.717) is 0 Å². The van der Waals surface area contributed by atoms with E-state index in [-0.39, 0.29) is 5.92 Å². The molecule has 0 saturated heterocycles. The fourth-order valence-electron chi connectivity index (χ4n) is 0.707. The first-order valence-electron chi connectivity index (χ1n) is 3.32. The lowest BCUT2D eigenvalue weighted by molar-refractivity contribution is -0.121. The van der Waals surface area contributed by atoms with Gasteiger partial charge in [0.15, 0.2) is 0 Å². The molecule has 0 aromatic heterocycles. The van der Waals surface area contributed by atoms with Gasteiger partial charge in [0.1, 0.15) is 5.92 Å². The average molecular weight is 140 g/mol. The van der Waals surface area contributed by atoms with Gasteiger partial charge < -0.3 is 5.73 Å². The summed E-state index contributed by atoms with van der Waals surface area (Å²) >= 11 is 0. The molecule has 1 amide bonds. The number of carbonyl (C=O) groups is 1. The summed E-state index contributed by atoms with van der Waals surface area (Å²) in [6, 6.07) is 1.88. The predicted octanol–water partition coefficient (Wildman–Crippen LogP) is 0.658. The highest BCUT2D eigenvalue weighted by molar-refractivity contribution is 5.79. The topological polar surface area (TPSA) is 66.9 Å². The lowest BCUT2D eigenvalue weighted by atomic mass is 9.93. The van der Waals surface area contributed by atoms with Crippen molar-refractivity contribution < 1.29 is 4.79 Å². The molecule has 0 aromatic rings. The molecule has 0 bridgehead atoms. The van der Waals surface area contributed by atoms with Crippen LogP contribution in [0.2, 0.25) is 0 Å². The first-order valence-corrected chi connectivity index (χ1v) is 3.32. The van der Waals surface area contributed by atoms with Crippen molar-refractivity contribution in [2.75, 3.05) is 0 Å². The summed E-state index contributed by atoms with van der Waals surface area (Å²) in [5.41, 5.74) is 4.96. The quantitative estimate of drug-likeness (QED) is 0.625. The van der Waals surface area contributed by atoms with E-state index < -0.39 is 11.8 Å². The fraction of sp³-hybridized carbons (Fsp3) is 0.714. The second kappa shape index (κ2) is 3.89. The number of carbonyl (C=O) groups excluding carboxylic acids is 1. The third-order valence-corrected chi connectivity index (χ3v) is 1.66. The molecule has 0 aliphatic rings. The number of rotatable bonds is 3. The highest BCUT2D eigenvalue weighted by Crippen LogP contribution is 2.12. The van der Waals surface area contributed by atoms with E-state index in [1.54, 1.807) is 0 Å². The Kier molecular flexibility index (Phi) is 3.48. The smallest absolute Gasteiger partial charge is 0.235 e. The number of nitrogens with zero attached hydrogens (tertiary/aromatic N) is 1. The van der Waals surface area contributed by atoms with Crippen LogP contribution in [0.15, 0.2) is 0 Å². The maximum atomic E-state index is 10.5. The summed E-state index contributed by atoms with van der Waals surface area (Å²) < 4.78 is 0. The van der Waals surface area contributed by atoms with E-state index in [2.05, 4.69) is 0 Å². The minimum absolute atomic E-state index is 0.0718. The third kappa shape index (κ3) is 2.06. The number of hydrogen-bond donors (Lipinski definition) is 1. The molecular formula is C7H12N2O. The van der Waals surface area contributed by atoms with Crippen LogP contribution in [0.3, 0.4) is 0 Å². The zero-order valence-electron chi connectivity index (χ0n) is 6.29. The molecule has 56 valence electrons. The van der Waals surface area contributed by atoms with Crippen molar-refractivity contribution >= 4 is 5.91 Å². The van der Waals surface area contributed by atoms with Gasteiger partial charge in [-0.2, -0.15) is 5.26 Å². The molecule has 0 rings (SSSR count).